The molecule has 102 valence electrons. The molecule has 5 heteroatoms. The van der Waals surface area contributed by atoms with Gasteiger partial charge in [0.15, 0.2) is 0 Å². The molecule has 4 nitrogen and oxygen atoms in total. The number of hydrogen-bond donors (Lipinski definition) is 1. The molecule has 0 amide bonds. The largest absolute Gasteiger partial charge is 0.464 e. The van der Waals surface area contributed by atoms with Gasteiger partial charge in [-0.25, -0.2) is 9.97 Å². The molecule has 0 saturated carbocycles. The number of furan rings is 1. The van der Waals surface area contributed by atoms with Gasteiger partial charge in [0, 0.05) is 5.56 Å². The van der Waals surface area contributed by atoms with Crippen LogP contribution in [0.4, 0.5) is 5.82 Å². The lowest BCUT2D eigenvalue weighted by molar-refractivity contribution is 0.466. The fraction of sp³-hybridized carbons (Fsp3) is 0.429. The molecule has 1 unspecified atom stereocenters. The van der Waals surface area contributed by atoms with E-state index < -0.39 is 0 Å². The van der Waals surface area contributed by atoms with Crippen molar-refractivity contribution in [1.29, 1.82) is 0 Å². The number of nitrogens with zero attached hydrogens (tertiary/aromatic N) is 2. The molecule has 0 radical (unpaired) electrons. The van der Waals surface area contributed by atoms with E-state index in [1.54, 1.807) is 0 Å². The maximum absolute atomic E-state index is 6.14. The van der Waals surface area contributed by atoms with E-state index in [4.69, 9.17) is 16.0 Å². The van der Waals surface area contributed by atoms with Crippen LogP contribution in [0.3, 0.4) is 0 Å². The van der Waals surface area contributed by atoms with Gasteiger partial charge in [0.2, 0.25) is 0 Å². The second-order valence-corrected chi connectivity index (χ2v) is 5.25. The topological polar surface area (TPSA) is 51.0 Å². The van der Waals surface area contributed by atoms with Crippen molar-refractivity contribution in [2.45, 2.75) is 39.7 Å². The molecule has 0 aliphatic heterocycles. The molecule has 0 spiro atoms. The van der Waals surface area contributed by atoms with Crippen LogP contribution < -0.4 is 5.32 Å². The summed E-state index contributed by atoms with van der Waals surface area (Å²) in [4.78, 5) is 8.32. The van der Waals surface area contributed by atoms with Gasteiger partial charge >= 0.3 is 0 Å². The van der Waals surface area contributed by atoms with Crippen molar-refractivity contribution in [2.24, 2.45) is 0 Å². The molecule has 2 rings (SSSR count). The molecule has 1 N–H and O–H groups in total. The van der Waals surface area contributed by atoms with Crippen LogP contribution in [0.25, 0.3) is 0 Å². The summed E-state index contributed by atoms with van der Waals surface area (Å²) in [6.07, 6.45) is 1.47. The summed E-state index contributed by atoms with van der Waals surface area (Å²) in [5.41, 5.74) is 0.930. The number of nitrogens with one attached hydrogen (secondary N) is 1. The summed E-state index contributed by atoms with van der Waals surface area (Å²) in [6.45, 7) is 8.09. The third-order valence-electron chi connectivity index (χ3n) is 2.95. The van der Waals surface area contributed by atoms with Gasteiger partial charge < -0.3 is 9.73 Å². The fourth-order valence-electron chi connectivity index (χ4n) is 1.96. The summed E-state index contributed by atoms with van der Waals surface area (Å²) in [6, 6.07) is 3.94. The lowest BCUT2D eigenvalue weighted by Crippen LogP contribution is -2.11. The van der Waals surface area contributed by atoms with E-state index in [9.17, 15) is 0 Å². The summed E-state index contributed by atoms with van der Waals surface area (Å²) < 4.78 is 5.61. The van der Waals surface area contributed by atoms with Crippen molar-refractivity contribution in [3.8, 4) is 0 Å². The van der Waals surface area contributed by atoms with Crippen molar-refractivity contribution >= 4 is 17.4 Å². The standard InChI is InChI=1S/C14H18ClN3O/c1-8(2)12-13(15)16-7-17-14(12)18-10(4)11-6-5-9(3)19-11/h5-8,10H,1-4H3,(H,16,17,18). The number of rotatable bonds is 4. The van der Waals surface area contributed by atoms with Crippen molar-refractivity contribution in [3.05, 3.63) is 40.7 Å². The molecule has 0 aliphatic rings. The fourth-order valence-corrected chi connectivity index (χ4v) is 2.31. The number of anilines is 1. The Bertz CT molecular complexity index is 566. The van der Waals surface area contributed by atoms with Crippen LogP contribution in [0.1, 0.15) is 49.8 Å². The van der Waals surface area contributed by atoms with E-state index >= 15 is 0 Å². The van der Waals surface area contributed by atoms with Crippen LogP contribution >= 0.6 is 11.6 Å². The highest BCUT2D eigenvalue weighted by Crippen LogP contribution is 2.30. The Morgan fingerprint density at radius 3 is 2.53 bits per heavy atom. The Morgan fingerprint density at radius 2 is 1.95 bits per heavy atom. The smallest absolute Gasteiger partial charge is 0.138 e. The third kappa shape index (κ3) is 3.07. The van der Waals surface area contributed by atoms with Crippen LogP contribution in [0.15, 0.2) is 22.9 Å². The lowest BCUT2D eigenvalue weighted by Gasteiger charge is -2.17. The zero-order valence-corrected chi connectivity index (χ0v) is 12.3. The molecule has 0 fully saturated rings. The predicted octanol–water partition coefficient (Wildman–Crippen LogP) is 4.33. The van der Waals surface area contributed by atoms with Crippen molar-refractivity contribution in [1.82, 2.24) is 9.97 Å². The van der Waals surface area contributed by atoms with E-state index in [-0.39, 0.29) is 12.0 Å². The van der Waals surface area contributed by atoms with Gasteiger partial charge in [-0.1, -0.05) is 25.4 Å². The molecule has 19 heavy (non-hydrogen) atoms. The average molecular weight is 280 g/mol. The maximum atomic E-state index is 6.14. The quantitative estimate of drug-likeness (QED) is 0.847. The minimum Gasteiger partial charge on any atom is -0.464 e. The lowest BCUT2D eigenvalue weighted by atomic mass is 10.1. The summed E-state index contributed by atoms with van der Waals surface area (Å²) in [7, 11) is 0. The van der Waals surface area contributed by atoms with Gasteiger partial charge in [-0.15, -0.1) is 0 Å². The predicted molar refractivity (Wildman–Crippen MR) is 76.6 cm³/mol. The highest BCUT2D eigenvalue weighted by molar-refractivity contribution is 6.30. The van der Waals surface area contributed by atoms with Crippen LogP contribution in [0.2, 0.25) is 5.15 Å². The van der Waals surface area contributed by atoms with E-state index in [0.29, 0.717) is 5.15 Å². The molecule has 0 saturated heterocycles. The monoisotopic (exact) mass is 279 g/mol. The number of halogens is 1. The first-order valence-corrected chi connectivity index (χ1v) is 6.70. The van der Waals surface area contributed by atoms with Crippen LogP contribution in [0.5, 0.6) is 0 Å². The molecule has 1 atom stereocenters. The summed E-state index contributed by atoms with van der Waals surface area (Å²) >= 11 is 6.14. The first kappa shape index (κ1) is 13.9. The Hall–Kier alpha value is -1.55. The Morgan fingerprint density at radius 1 is 1.21 bits per heavy atom. The molecule has 0 aliphatic carbocycles. The number of hydrogen-bond acceptors (Lipinski definition) is 4. The molecule has 2 aromatic rings. The maximum Gasteiger partial charge on any atom is 0.138 e. The number of aromatic nitrogens is 2. The minimum atomic E-state index is 0.0252. The van der Waals surface area contributed by atoms with Crippen LogP contribution in [0, 0.1) is 6.92 Å². The van der Waals surface area contributed by atoms with Crippen LogP contribution in [-0.2, 0) is 0 Å². The Balaban J connectivity index is 2.26. The molecular weight excluding hydrogens is 262 g/mol. The third-order valence-corrected chi connectivity index (χ3v) is 3.25. The zero-order chi connectivity index (χ0) is 14.0. The first-order chi connectivity index (χ1) is 8.99. The Labute approximate surface area is 118 Å². The zero-order valence-electron chi connectivity index (χ0n) is 11.6. The minimum absolute atomic E-state index is 0.0252. The SMILES string of the molecule is Cc1ccc(C(C)Nc2ncnc(Cl)c2C(C)C)o1. The average Bonchev–Trinajstić information content (AvgIpc) is 2.75. The Kier molecular flexibility index (Phi) is 4.10. The highest BCUT2D eigenvalue weighted by Gasteiger charge is 2.17. The second-order valence-electron chi connectivity index (χ2n) is 4.90. The van der Waals surface area contributed by atoms with Crippen LogP contribution in [-0.4, -0.2) is 9.97 Å². The molecule has 0 aromatic carbocycles. The van der Waals surface area contributed by atoms with E-state index in [0.717, 1.165) is 22.9 Å². The van der Waals surface area contributed by atoms with Crippen molar-refractivity contribution < 1.29 is 4.42 Å². The van der Waals surface area contributed by atoms with Gasteiger partial charge in [-0.05, 0) is 31.9 Å². The summed E-state index contributed by atoms with van der Waals surface area (Å²) in [5, 5.41) is 3.83. The van der Waals surface area contributed by atoms with E-state index in [1.807, 2.05) is 26.0 Å². The summed E-state index contributed by atoms with van der Waals surface area (Å²) in [5.74, 6) is 2.79. The van der Waals surface area contributed by atoms with E-state index in [1.165, 1.54) is 6.33 Å². The van der Waals surface area contributed by atoms with Crippen molar-refractivity contribution in [2.75, 3.05) is 5.32 Å². The molecule has 2 heterocycles. The molecular formula is C14H18ClN3O. The van der Waals surface area contributed by atoms with Crippen molar-refractivity contribution in [3.63, 3.8) is 0 Å². The first-order valence-electron chi connectivity index (χ1n) is 6.32. The normalized spacial score (nSPS) is 12.7. The van der Waals surface area contributed by atoms with E-state index in [2.05, 4.69) is 29.1 Å². The van der Waals surface area contributed by atoms with Gasteiger partial charge in [0.1, 0.15) is 28.8 Å². The molecule has 0 bridgehead atoms. The van der Waals surface area contributed by atoms with Gasteiger partial charge in [-0.3, -0.25) is 0 Å². The van der Waals surface area contributed by atoms with Gasteiger partial charge in [-0.2, -0.15) is 0 Å². The molecule has 2 aromatic heterocycles. The second kappa shape index (κ2) is 5.61. The highest BCUT2D eigenvalue weighted by atomic mass is 35.5. The number of aryl methyl sites for hydroxylation is 1. The van der Waals surface area contributed by atoms with Gasteiger partial charge in [0.25, 0.3) is 0 Å². The van der Waals surface area contributed by atoms with Gasteiger partial charge in [0.05, 0.1) is 6.04 Å².